The molecule has 0 atom stereocenters. The topological polar surface area (TPSA) is 90.3 Å². The average molecular weight is 297 g/mol. The third-order valence-electron chi connectivity index (χ3n) is 2.99. The molecule has 2 N–H and O–H groups in total. The number of ether oxygens (including phenoxy) is 2. The van der Waals surface area contributed by atoms with Crippen LogP contribution in [0.15, 0.2) is 43.0 Å². The molecule has 0 bridgehead atoms. The summed E-state index contributed by atoms with van der Waals surface area (Å²) >= 11 is 0. The number of allylic oxidation sites excluding steroid dienone is 1. The molecule has 112 valence electrons. The lowest BCUT2D eigenvalue weighted by atomic mass is 10.2. The van der Waals surface area contributed by atoms with E-state index in [0.29, 0.717) is 35.1 Å². The number of nitriles is 1. The lowest BCUT2D eigenvalue weighted by Crippen LogP contribution is -2.03. The number of rotatable bonds is 5. The largest absolute Gasteiger partial charge is 0.465 e. The van der Waals surface area contributed by atoms with Crippen LogP contribution in [-0.4, -0.2) is 17.6 Å². The second-order valence-corrected chi connectivity index (χ2v) is 4.42. The van der Waals surface area contributed by atoms with E-state index >= 15 is 0 Å². The fraction of sp³-hybridized carbons (Fsp3) is 0.125. The smallest absolute Gasteiger partial charge is 0.337 e. The minimum atomic E-state index is -0.423. The first-order valence-electron chi connectivity index (χ1n) is 6.47. The van der Waals surface area contributed by atoms with Gasteiger partial charge in [-0.3, -0.25) is 4.57 Å². The van der Waals surface area contributed by atoms with Crippen LogP contribution in [0.1, 0.15) is 16.1 Å². The van der Waals surface area contributed by atoms with Gasteiger partial charge in [0.2, 0.25) is 5.88 Å². The molecular formula is C16H15N3O3. The van der Waals surface area contributed by atoms with Crippen molar-refractivity contribution in [2.24, 2.45) is 0 Å². The summed E-state index contributed by atoms with van der Waals surface area (Å²) in [5.41, 5.74) is 7.05. The molecule has 22 heavy (non-hydrogen) atoms. The minimum absolute atomic E-state index is 0.357. The summed E-state index contributed by atoms with van der Waals surface area (Å²) in [6.07, 6.45) is 1.65. The van der Waals surface area contributed by atoms with E-state index in [1.807, 2.05) is 0 Å². The number of aromatic nitrogens is 1. The van der Waals surface area contributed by atoms with Crippen molar-refractivity contribution in [1.29, 1.82) is 5.26 Å². The van der Waals surface area contributed by atoms with E-state index in [4.69, 9.17) is 15.7 Å². The first kappa shape index (κ1) is 15.2. The lowest BCUT2D eigenvalue weighted by Gasteiger charge is -2.11. The zero-order chi connectivity index (χ0) is 16.1. The van der Waals surface area contributed by atoms with Crippen LogP contribution in [0, 0.1) is 11.3 Å². The fourth-order valence-corrected chi connectivity index (χ4v) is 1.96. The normalized spacial score (nSPS) is 9.82. The summed E-state index contributed by atoms with van der Waals surface area (Å²) < 4.78 is 12.0. The summed E-state index contributed by atoms with van der Waals surface area (Å²) in [7, 11) is 1.32. The van der Waals surface area contributed by atoms with Crippen molar-refractivity contribution in [1.82, 2.24) is 4.57 Å². The highest BCUT2D eigenvalue weighted by atomic mass is 16.5. The first-order chi connectivity index (χ1) is 10.6. The van der Waals surface area contributed by atoms with Gasteiger partial charge in [0.1, 0.15) is 17.5 Å². The maximum Gasteiger partial charge on any atom is 0.337 e. The zero-order valence-corrected chi connectivity index (χ0v) is 12.1. The number of esters is 1. The van der Waals surface area contributed by atoms with Crippen molar-refractivity contribution < 1.29 is 14.3 Å². The molecule has 0 fully saturated rings. The molecule has 0 aliphatic heterocycles. The number of nitrogen functional groups attached to an aromatic ring is 1. The summed E-state index contributed by atoms with van der Waals surface area (Å²) in [6.45, 7) is 4.05. The molecule has 2 rings (SSSR count). The molecule has 0 saturated heterocycles. The molecule has 0 aliphatic rings. The monoisotopic (exact) mass is 297 g/mol. The van der Waals surface area contributed by atoms with Crippen LogP contribution >= 0.6 is 0 Å². The zero-order valence-electron chi connectivity index (χ0n) is 12.1. The van der Waals surface area contributed by atoms with Gasteiger partial charge in [0, 0.05) is 12.6 Å². The number of carbonyl (C=O) groups excluding carboxylic acids is 1. The van der Waals surface area contributed by atoms with E-state index < -0.39 is 5.97 Å². The average Bonchev–Trinajstić information content (AvgIpc) is 2.84. The van der Waals surface area contributed by atoms with Gasteiger partial charge in [-0.25, -0.2) is 4.79 Å². The van der Waals surface area contributed by atoms with Crippen molar-refractivity contribution in [3.63, 3.8) is 0 Å². The van der Waals surface area contributed by atoms with E-state index in [0.717, 1.165) is 0 Å². The van der Waals surface area contributed by atoms with Gasteiger partial charge in [0.25, 0.3) is 0 Å². The Hall–Kier alpha value is -3.20. The molecule has 0 spiro atoms. The van der Waals surface area contributed by atoms with E-state index in [9.17, 15) is 4.79 Å². The molecule has 0 radical (unpaired) electrons. The third kappa shape index (κ3) is 2.94. The Balaban J connectivity index is 2.31. The van der Waals surface area contributed by atoms with Crippen LogP contribution in [0.25, 0.3) is 0 Å². The number of nitrogens with two attached hydrogens (primary N) is 1. The van der Waals surface area contributed by atoms with Gasteiger partial charge in [-0.2, -0.15) is 5.26 Å². The van der Waals surface area contributed by atoms with Crippen molar-refractivity contribution >= 4 is 11.7 Å². The maximum absolute atomic E-state index is 11.4. The van der Waals surface area contributed by atoms with Crippen LogP contribution in [0.5, 0.6) is 11.6 Å². The number of methoxy groups -OCH3 is 1. The van der Waals surface area contributed by atoms with Gasteiger partial charge in [-0.15, -0.1) is 6.58 Å². The SMILES string of the molecule is C=CCn1c(C#N)cc(N)c1Oc1ccc(C(=O)OC)cc1. The number of hydrogen-bond donors (Lipinski definition) is 1. The summed E-state index contributed by atoms with van der Waals surface area (Å²) in [5, 5.41) is 9.11. The predicted octanol–water partition coefficient (Wildman–Crippen LogP) is 2.71. The molecule has 0 amide bonds. The highest BCUT2D eigenvalue weighted by Gasteiger charge is 2.15. The molecule has 6 heteroatoms. The Morgan fingerprint density at radius 1 is 1.45 bits per heavy atom. The second-order valence-electron chi connectivity index (χ2n) is 4.42. The number of anilines is 1. The predicted molar refractivity (Wildman–Crippen MR) is 81.6 cm³/mol. The summed E-state index contributed by atoms with van der Waals surface area (Å²) in [5.74, 6) is 0.433. The van der Waals surface area contributed by atoms with Crippen molar-refractivity contribution in [3.8, 4) is 17.7 Å². The molecule has 2 aromatic rings. The van der Waals surface area contributed by atoms with E-state index in [1.54, 1.807) is 41.0 Å². The molecule has 1 aromatic heterocycles. The van der Waals surface area contributed by atoms with Crippen LogP contribution in [-0.2, 0) is 11.3 Å². The van der Waals surface area contributed by atoms with Crippen LogP contribution < -0.4 is 10.5 Å². The standard InChI is InChI=1S/C16H15N3O3/c1-3-8-19-12(10-17)9-14(18)15(19)22-13-6-4-11(5-7-13)16(20)21-2/h3-7,9H,1,8,18H2,2H3. The highest BCUT2D eigenvalue weighted by molar-refractivity contribution is 5.89. The number of nitrogens with zero attached hydrogens (tertiary/aromatic N) is 2. The number of benzene rings is 1. The highest BCUT2D eigenvalue weighted by Crippen LogP contribution is 2.31. The Kier molecular flexibility index (Phi) is 4.49. The second kappa shape index (κ2) is 6.50. The molecule has 1 heterocycles. The maximum atomic E-state index is 11.4. The van der Waals surface area contributed by atoms with E-state index in [1.165, 1.54) is 7.11 Å². The van der Waals surface area contributed by atoms with Crippen LogP contribution in [0.3, 0.4) is 0 Å². The molecule has 0 aliphatic carbocycles. The first-order valence-corrected chi connectivity index (χ1v) is 6.47. The van der Waals surface area contributed by atoms with Gasteiger partial charge in [-0.05, 0) is 24.3 Å². The Morgan fingerprint density at radius 3 is 2.68 bits per heavy atom. The van der Waals surface area contributed by atoms with Gasteiger partial charge in [0.05, 0.1) is 18.4 Å². The van der Waals surface area contributed by atoms with E-state index in [2.05, 4.69) is 17.4 Å². The molecular weight excluding hydrogens is 282 g/mol. The lowest BCUT2D eigenvalue weighted by molar-refractivity contribution is 0.0600. The third-order valence-corrected chi connectivity index (χ3v) is 2.99. The van der Waals surface area contributed by atoms with Gasteiger partial charge < -0.3 is 15.2 Å². The number of hydrogen-bond acceptors (Lipinski definition) is 5. The Labute approximate surface area is 128 Å². The van der Waals surface area contributed by atoms with Crippen LogP contribution in [0.2, 0.25) is 0 Å². The molecule has 0 saturated carbocycles. The van der Waals surface area contributed by atoms with E-state index in [-0.39, 0.29) is 0 Å². The summed E-state index contributed by atoms with van der Waals surface area (Å²) in [4.78, 5) is 11.4. The van der Waals surface area contributed by atoms with Crippen molar-refractivity contribution in [2.75, 3.05) is 12.8 Å². The molecule has 1 aromatic carbocycles. The Morgan fingerprint density at radius 2 is 2.14 bits per heavy atom. The Bertz CT molecular complexity index is 739. The number of carbonyl (C=O) groups is 1. The van der Waals surface area contributed by atoms with Gasteiger partial charge in [0.15, 0.2) is 0 Å². The van der Waals surface area contributed by atoms with Gasteiger partial charge >= 0.3 is 5.97 Å². The van der Waals surface area contributed by atoms with Crippen molar-refractivity contribution in [2.45, 2.75) is 6.54 Å². The summed E-state index contributed by atoms with van der Waals surface area (Å²) in [6, 6.07) is 10.0. The van der Waals surface area contributed by atoms with Crippen LogP contribution in [0.4, 0.5) is 5.69 Å². The van der Waals surface area contributed by atoms with Gasteiger partial charge in [-0.1, -0.05) is 6.08 Å². The fourth-order valence-electron chi connectivity index (χ4n) is 1.96. The van der Waals surface area contributed by atoms with Crippen molar-refractivity contribution in [3.05, 3.63) is 54.2 Å². The quantitative estimate of drug-likeness (QED) is 0.677. The molecule has 6 nitrogen and oxygen atoms in total. The molecule has 0 unspecified atom stereocenters. The minimum Gasteiger partial charge on any atom is -0.465 e.